The van der Waals surface area contributed by atoms with Crippen molar-refractivity contribution >= 4 is 31.5 Å². The lowest BCUT2D eigenvalue weighted by Gasteiger charge is -2.43. The third-order valence-electron chi connectivity index (χ3n) is 6.50. The van der Waals surface area contributed by atoms with Crippen molar-refractivity contribution in [2.24, 2.45) is 0 Å². The van der Waals surface area contributed by atoms with Gasteiger partial charge in [0.15, 0.2) is 6.23 Å². The molecule has 1 saturated heterocycles. The first kappa shape index (κ1) is 33.3. The van der Waals surface area contributed by atoms with E-state index in [1.807, 2.05) is 23.0 Å². The summed E-state index contributed by atoms with van der Waals surface area (Å²) in [4.78, 5) is 28.0. The Morgan fingerprint density at radius 3 is 2.45 bits per heavy atom. The van der Waals surface area contributed by atoms with E-state index < -0.39 is 26.0 Å². The molecule has 0 aromatic carbocycles. The standard InChI is InChI=1S/C15H22IN3O4.C10H21N2O2P/c16-22-10-12-8-18(11-4-2-1-3-5-11)9-14(23-12)19-7-6-13(20)17-15(19)21;1-9(2)12(10(3)4)15(13-5)14-8-6-7-11/h6-7,11-12,14H,1-5,8-10H2,(H,17,20,21);9-10H,6,8H2,1-5H3. The minimum atomic E-state index is -1.03. The zero-order chi connectivity index (χ0) is 28.1. The Hall–Kier alpha value is -0.910. The van der Waals surface area contributed by atoms with Gasteiger partial charge in [-0.1, -0.05) is 19.3 Å². The van der Waals surface area contributed by atoms with Crippen LogP contribution in [0, 0.1) is 11.3 Å². The lowest BCUT2D eigenvalue weighted by atomic mass is 9.93. The van der Waals surface area contributed by atoms with Gasteiger partial charge < -0.3 is 16.9 Å². The van der Waals surface area contributed by atoms with E-state index in [0.29, 0.717) is 44.3 Å². The molecule has 2 heterocycles. The predicted octanol–water partition coefficient (Wildman–Crippen LogP) is 4.34. The van der Waals surface area contributed by atoms with E-state index in [-0.39, 0.29) is 6.10 Å². The predicted molar refractivity (Wildman–Crippen MR) is 156 cm³/mol. The number of aromatic amines is 1. The topological polar surface area (TPSA) is 122 Å². The summed E-state index contributed by atoms with van der Waals surface area (Å²) >= 11 is 1.87. The van der Waals surface area contributed by atoms with Crippen molar-refractivity contribution in [1.82, 2.24) is 19.1 Å². The SMILES string of the molecule is COP(OCCC#N)N(C(C)C)C(C)C.O=c1ccn(C2CN(C3CCCCC3)CC(COI)O2)c(=O)[nH]1. The second-order valence-electron chi connectivity index (χ2n) is 9.98. The minimum Gasteiger partial charge on any atom is -0.349 e. The van der Waals surface area contributed by atoms with Crippen molar-refractivity contribution in [3.05, 3.63) is 33.1 Å². The molecule has 3 atom stereocenters. The number of ether oxygens (including phenoxy) is 1. The maximum atomic E-state index is 12.1. The van der Waals surface area contributed by atoms with Crippen LogP contribution in [-0.2, 0) is 16.9 Å². The summed E-state index contributed by atoms with van der Waals surface area (Å²) in [6.07, 6.45) is 7.68. The summed E-state index contributed by atoms with van der Waals surface area (Å²) in [5.74, 6) is 0. The van der Waals surface area contributed by atoms with Gasteiger partial charge in [-0.15, -0.1) is 0 Å². The van der Waals surface area contributed by atoms with Gasteiger partial charge in [0, 0.05) is 50.6 Å². The van der Waals surface area contributed by atoms with E-state index in [1.54, 1.807) is 7.11 Å². The molecule has 0 spiro atoms. The van der Waals surface area contributed by atoms with E-state index in [0.717, 1.165) is 6.54 Å². The molecule has 1 aromatic heterocycles. The molecule has 1 aliphatic heterocycles. The number of halogens is 1. The summed E-state index contributed by atoms with van der Waals surface area (Å²) in [6.45, 7) is 10.9. The van der Waals surface area contributed by atoms with E-state index in [9.17, 15) is 9.59 Å². The van der Waals surface area contributed by atoms with Crippen LogP contribution in [0.15, 0.2) is 21.9 Å². The largest absolute Gasteiger partial charge is 0.349 e. The fourth-order valence-corrected chi connectivity index (χ4v) is 6.75. The first-order chi connectivity index (χ1) is 18.2. The number of nitrogens with one attached hydrogen (secondary N) is 1. The molecular formula is C25H43IN5O6P. The highest BCUT2D eigenvalue weighted by atomic mass is 127. The molecule has 2 aliphatic rings. The number of nitriles is 1. The van der Waals surface area contributed by atoms with Crippen molar-refractivity contribution in [2.75, 3.05) is 33.4 Å². The third kappa shape index (κ3) is 10.6. The van der Waals surface area contributed by atoms with Crippen LogP contribution >= 0.6 is 31.5 Å². The molecular weight excluding hydrogens is 624 g/mol. The van der Waals surface area contributed by atoms with Gasteiger partial charge in [0.25, 0.3) is 14.1 Å². The number of rotatable bonds is 11. The van der Waals surface area contributed by atoms with Gasteiger partial charge >= 0.3 is 5.69 Å². The Kier molecular flexibility index (Phi) is 15.5. The number of aromatic nitrogens is 2. The Morgan fingerprint density at radius 2 is 1.89 bits per heavy atom. The van der Waals surface area contributed by atoms with Crippen molar-refractivity contribution in [2.45, 2.75) is 96.7 Å². The van der Waals surface area contributed by atoms with Gasteiger partial charge in [-0.2, -0.15) is 5.26 Å². The van der Waals surface area contributed by atoms with Crippen LogP contribution < -0.4 is 11.2 Å². The second-order valence-corrected chi connectivity index (χ2v) is 12.2. The molecule has 2 fully saturated rings. The molecule has 0 radical (unpaired) electrons. The van der Waals surface area contributed by atoms with Gasteiger partial charge in [0.05, 0.1) is 31.8 Å². The first-order valence-electron chi connectivity index (χ1n) is 13.3. The van der Waals surface area contributed by atoms with Crippen LogP contribution in [0.3, 0.4) is 0 Å². The number of hydrogen-bond acceptors (Lipinski definition) is 9. The highest BCUT2D eigenvalue weighted by molar-refractivity contribution is 14.1. The van der Waals surface area contributed by atoms with Gasteiger partial charge in [0.2, 0.25) is 0 Å². The average Bonchev–Trinajstić information content (AvgIpc) is 2.88. The molecule has 13 heteroatoms. The van der Waals surface area contributed by atoms with Crippen LogP contribution in [0.5, 0.6) is 0 Å². The highest BCUT2D eigenvalue weighted by Crippen LogP contribution is 2.44. The molecule has 1 aliphatic carbocycles. The fraction of sp³-hybridized carbons (Fsp3) is 0.800. The summed E-state index contributed by atoms with van der Waals surface area (Å²) in [6, 6.07) is 4.70. The maximum Gasteiger partial charge on any atom is 0.330 e. The Labute approximate surface area is 241 Å². The van der Waals surface area contributed by atoms with Crippen molar-refractivity contribution < 1.29 is 16.9 Å². The molecule has 0 amide bonds. The molecule has 3 unspecified atom stereocenters. The second kappa shape index (κ2) is 17.7. The summed E-state index contributed by atoms with van der Waals surface area (Å²) in [7, 11) is 0.618. The average molecular weight is 668 g/mol. The first-order valence-corrected chi connectivity index (χ1v) is 15.3. The third-order valence-corrected chi connectivity index (χ3v) is 8.87. The summed E-state index contributed by atoms with van der Waals surface area (Å²) in [5, 5.41) is 8.43. The number of H-pyrrole nitrogens is 1. The van der Waals surface area contributed by atoms with Gasteiger partial charge in [0.1, 0.15) is 23.0 Å². The number of nitrogens with zero attached hydrogens (tertiary/aromatic N) is 4. The lowest BCUT2D eigenvalue weighted by Crippen LogP contribution is -2.53. The summed E-state index contributed by atoms with van der Waals surface area (Å²) in [5.41, 5.74) is -0.819. The van der Waals surface area contributed by atoms with Gasteiger partial charge in [-0.25, -0.2) is 9.46 Å². The van der Waals surface area contributed by atoms with Crippen LogP contribution in [0.25, 0.3) is 0 Å². The Bertz CT molecular complexity index is 957. The quantitative estimate of drug-likeness (QED) is 0.209. The van der Waals surface area contributed by atoms with Crippen molar-refractivity contribution in [3.8, 4) is 6.07 Å². The van der Waals surface area contributed by atoms with Crippen LogP contribution in [0.1, 0.15) is 72.4 Å². The molecule has 1 saturated carbocycles. The molecule has 38 heavy (non-hydrogen) atoms. The monoisotopic (exact) mass is 667 g/mol. The van der Waals surface area contributed by atoms with E-state index >= 15 is 0 Å². The number of hydrogen-bond donors (Lipinski definition) is 1. The Balaban J connectivity index is 0.000000296. The van der Waals surface area contributed by atoms with E-state index in [4.69, 9.17) is 22.1 Å². The van der Waals surface area contributed by atoms with Crippen LogP contribution in [-0.4, -0.2) is 76.8 Å². The normalized spacial score (nSPS) is 21.8. The van der Waals surface area contributed by atoms with Gasteiger partial charge in [-0.3, -0.25) is 19.2 Å². The molecule has 216 valence electrons. The molecule has 1 N–H and O–H groups in total. The van der Waals surface area contributed by atoms with E-state index in [2.05, 4.69) is 48.3 Å². The molecule has 3 rings (SSSR count). The van der Waals surface area contributed by atoms with Crippen LogP contribution in [0.4, 0.5) is 0 Å². The van der Waals surface area contributed by atoms with Crippen LogP contribution in [0.2, 0.25) is 0 Å². The lowest BCUT2D eigenvalue weighted by molar-refractivity contribution is -0.141. The Morgan fingerprint density at radius 1 is 1.21 bits per heavy atom. The zero-order valence-electron chi connectivity index (χ0n) is 23.2. The minimum absolute atomic E-state index is 0.0774. The van der Waals surface area contributed by atoms with Crippen molar-refractivity contribution in [3.63, 3.8) is 0 Å². The highest BCUT2D eigenvalue weighted by Gasteiger charge is 2.34. The van der Waals surface area contributed by atoms with Crippen molar-refractivity contribution in [1.29, 1.82) is 5.26 Å². The molecule has 1 aromatic rings. The van der Waals surface area contributed by atoms with Gasteiger partial charge in [-0.05, 0) is 40.5 Å². The maximum absolute atomic E-state index is 12.1. The smallest absolute Gasteiger partial charge is 0.330 e. The summed E-state index contributed by atoms with van der Waals surface area (Å²) < 4.78 is 25.8. The number of morpholine rings is 1. The molecule has 0 bridgehead atoms. The fourth-order valence-electron chi connectivity index (χ4n) is 4.92. The zero-order valence-corrected chi connectivity index (χ0v) is 26.2. The molecule has 11 nitrogen and oxygen atoms in total. The van der Waals surface area contributed by atoms with E-state index in [1.165, 1.54) is 48.9 Å².